The Bertz CT molecular complexity index is 713. The molecule has 3 rings (SSSR count). The molecule has 1 aromatic carbocycles. The van der Waals surface area contributed by atoms with Gasteiger partial charge in [-0.15, -0.1) is 0 Å². The molecule has 0 aromatic heterocycles. The first-order chi connectivity index (χ1) is 13.4. The van der Waals surface area contributed by atoms with Crippen LogP contribution in [0.1, 0.15) is 25.3 Å². The lowest BCUT2D eigenvalue weighted by Gasteiger charge is -2.42. The number of rotatable bonds is 6. The van der Waals surface area contributed by atoms with Crippen molar-refractivity contribution in [2.24, 2.45) is 5.92 Å². The predicted molar refractivity (Wildman–Crippen MR) is 106 cm³/mol. The van der Waals surface area contributed by atoms with Crippen molar-refractivity contribution in [2.45, 2.75) is 31.6 Å². The van der Waals surface area contributed by atoms with Gasteiger partial charge in [-0.1, -0.05) is 11.8 Å². The molecule has 2 fully saturated rings. The Hall–Kier alpha value is -2.13. The molecule has 2 aliphatic heterocycles. The fraction of sp³-hybridized carbons (Fsp3) is 0.579. The Balaban J connectivity index is 1.34. The summed E-state index contributed by atoms with van der Waals surface area (Å²) in [5.74, 6) is 0.571. The van der Waals surface area contributed by atoms with Crippen molar-refractivity contribution < 1.29 is 19.2 Å². The highest BCUT2D eigenvalue weighted by atomic mass is 32.2. The molecule has 9 heteroatoms. The molecule has 8 nitrogen and oxygen atoms in total. The Labute approximate surface area is 168 Å². The smallest absolute Gasteiger partial charge is 0.410 e. The zero-order chi connectivity index (χ0) is 20.1. The van der Waals surface area contributed by atoms with Gasteiger partial charge in [-0.2, -0.15) is 0 Å². The van der Waals surface area contributed by atoms with Crippen LogP contribution >= 0.6 is 11.8 Å². The summed E-state index contributed by atoms with van der Waals surface area (Å²) in [7, 11) is 0. The number of likely N-dealkylation sites (tertiary alicyclic amines) is 2. The van der Waals surface area contributed by atoms with E-state index in [2.05, 4.69) is 4.90 Å². The summed E-state index contributed by atoms with van der Waals surface area (Å²) in [6, 6.07) is 6.01. The number of amides is 1. The summed E-state index contributed by atoms with van der Waals surface area (Å²) >= 11 is 1.43. The largest absolute Gasteiger partial charge is 0.445 e. The molecule has 0 atom stereocenters. The summed E-state index contributed by atoms with van der Waals surface area (Å²) in [4.78, 5) is 37.6. The molecule has 28 heavy (non-hydrogen) atoms. The second-order valence-electron chi connectivity index (χ2n) is 7.36. The Morgan fingerprint density at radius 3 is 2.43 bits per heavy atom. The molecule has 0 saturated carbocycles. The van der Waals surface area contributed by atoms with Gasteiger partial charge in [0.25, 0.3) is 5.69 Å². The molecular formula is C19H25N3O5S. The van der Waals surface area contributed by atoms with E-state index in [9.17, 15) is 19.7 Å². The Kier molecular flexibility index (Phi) is 6.90. The van der Waals surface area contributed by atoms with Crippen LogP contribution in [0.15, 0.2) is 24.3 Å². The van der Waals surface area contributed by atoms with Crippen LogP contribution in [0.3, 0.4) is 0 Å². The number of ether oxygens (including phenoxy) is 1. The second-order valence-corrected chi connectivity index (χ2v) is 8.84. The number of nitro groups is 1. The normalized spacial score (nSPS) is 18.5. The maximum atomic E-state index is 12.2. The van der Waals surface area contributed by atoms with Crippen molar-refractivity contribution in [3.05, 3.63) is 39.9 Å². The molecule has 2 heterocycles. The number of nitro benzene ring substituents is 1. The van der Waals surface area contributed by atoms with Crippen molar-refractivity contribution in [3.63, 3.8) is 0 Å². The number of piperidine rings is 1. The first-order valence-corrected chi connectivity index (χ1v) is 10.3. The predicted octanol–water partition coefficient (Wildman–Crippen LogP) is 2.91. The number of hydrogen-bond acceptors (Lipinski definition) is 7. The van der Waals surface area contributed by atoms with Crippen molar-refractivity contribution in [3.8, 4) is 0 Å². The molecule has 0 N–H and O–H groups in total. The quantitative estimate of drug-likeness (QED) is 0.529. The SMILES string of the molecule is CC(=O)SC1CN(CC2CCN(C(=O)OCc3ccc([N+](=O)[O-])cc3)CC2)C1. The van der Waals surface area contributed by atoms with E-state index in [4.69, 9.17) is 4.74 Å². The zero-order valence-electron chi connectivity index (χ0n) is 15.9. The monoisotopic (exact) mass is 407 g/mol. The average molecular weight is 407 g/mol. The number of non-ortho nitro benzene ring substituents is 1. The third-order valence-electron chi connectivity index (χ3n) is 5.15. The molecule has 0 unspecified atom stereocenters. The van der Waals surface area contributed by atoms with Crippen LogP contribution in [-0.2, 0) is 16.1 Å². The van der Waals surface area contributed by atoms with Gasteiger partial charge in [0.2, 0.25) is 0 Å². The van der Waals surface area contributed by atoms with Gasteiger partial charge in [0.15, 0.2) is 5.12 Å². The van der Waals surface area contributed by atoms with E-state index < -0.39 is 4.92 Å². The highest BCUT2D eigenvalue weighted by molar-refractivity contribution is 8.14. The van der Waals surface area contributed by atoms with Gasteiger partial charge in [-0.25, -0.2) is 4.79 Å². The fourth-order valence-electron chi connectivity index (χ4n) is 3.59. The highest BCUT2D eigenvalue weighted by Crippen LogP contribution is 2.26. The van der Waals surface area contributed by atoms with Crippen LogP contribution in [0.2, 0.25) is 0 Å². The summed E-state index contributed by atoms with van der Waals surface area (Å²) in [5.41, 5.74) is 0.746. The molecule has 2 aliphatic rings. The summed E-state index contributed by atoms with van der Waals surface area (Å²) in [5, 5.41) is 11.3. The first-order valence-electron chi connectivity index (χ1n) is 9.45. The standard InChI is InChI=1S/C19H25N3O5S/c1-14(23)28-18-11-20(12-18)10-15-6-8-21(9-7-15)19(24)27-13-16-2-4-17(5-3-16)22(25)26/h2-5,15,18H,6-13H2,1H3. The second kappa shape index (κ2) is 9.38. The molecule has 0 bridgehead atoms. The molecule has 0 radical (unpaired) electrons. The van der Waals surface area contributed by atoms with E-state index in [1.165, 1.54) is 23.9 Å². The van der Waals surface area contributed by atoms with Gasteiger partial charge in [-0.3, -0.25) is 14.9 Å². The summed E-state index contributed by atoms with van der Waals surface area (Å²) in [6.45, 7) is 6.07. The molecule has 152 valence electrons. The fourth-order valence-corrected chi connectivity index (χ4v) is 4.63. The van der Waals surface area contributed by atoms with E-state index >= 15 is 0 Å². The van der Waals surface area contributed by atoms with Gasteiger partial charge >= 0.3 is 6.09 Å². The molecule has 0 aliphatic carbocycles. The molecule has 2 saturated heterocycles. The van der Waals surface area contributed by atoms with Crippen LogP contribution in [0.4, 0.5) is 10.5 Å². The van der Waals surface area contributed by atoms with Gasteiger partial charge < -0.3 is 14.5 Å². The number of carbonyl (C=O) groups excluding carboxylic acids is 2. The topological polar surface area (TPSA) is 93.0 Å². The van der Waals surface area contributed by atoms with Gasteiger partial charge in [-0.05, 0) is 36.5 Å². The van der Waals surface area contributed by atoms with Gasteiger partial charge in [0.05, 0.1) is 4.92 Å². The van der Waals surface area contributed by atoms with E-state index in [1.807, 2.05) is 0 Å². The number of benzene rings is 1. The average Bonchev–Trinajstić information content (AvgIpc) is 2.65. The molecule has 1 amide bonds. The van der Waals surface area contributed by atoms with Crippen LogP contribution < -0.4 is 0 Å². The van der Waals surface area contributed by atoms with Crippen molar-refractivity contribution >= 4 is 28.7 Å². The minimum Gasteiger partial charge on any atom is -0.445 e. The van der Waals surface area contributed by atoms with E-state index in [-0.39, 0.29) is 23.5 Å². The van der Waals surface area contributed by atoms with Crippen molar-refractivity contribution in [1.82, 2.24) is 9.80 Å². The minimum atomic E-state index is -0.456. The highest BCUT2D eigenvalue weighted by Gasteiger charge is 2.32. The number of hydrogen-bond donors (Lipinski definition) is 0. The van der Waals surface area contributed by atoms with Gasteiger partial charge in [0.1, 0.15) is 6.61 Å². The Morgan fingerprint density at radius 2 is 1.86 bits per heavy atom. The van der Waals surface area contributed by atoms with Crippen LogP contribution in [0.25, 0.3) is 0 Å². The maximum absolute atomic E-state index is 12.2. The molecular weight excluding hydrogens is 382 g/mol. The summed E-state index contributed by atoms with van der Waals surface area (Å²) < 4.78 is 5.34. The minimum absolute atomic E-state index is 0.0190. The lowest BCUT2D eigenvalue weighted by atomic mass is 9.95. The lowest BCUT2D eigenvalue weighted by Crippen LogP contribution is -2.52. The first kappa shape index (κ1) is 20.6. The maximum Gasteiger partial charge on any atom is 0.410 e. The van der Waals surface area contributed by atoms with E-state index in [0.717, 1.165) is 38.0 Å². The zero-order valence-corrected chi connectivity index (χ0v) is 16.7. The number of nitrogens with zero attached hydrogens (tertiary/aromatic N) is 3. The number of thioether (sulfide) groups is 1. The van der Waals surface area contributed by atoms with E-state index in [0.29, 0.717) is 24.3 Å². The van der Waals surface area contributed by atoms with Crippen molar-refractivity contribution in [1.29, 1.82) is 0 Å². The summed E-state index contributed by atoms with van der Waals surface area (Å²) in [6.07, 6.45) is 1.57. The number of carbonyl (C=O) groups is 2. The molecule has 0 spiro atoms. The Morgan fingerprint density at radius 1 is 1.21 bits per heavy atom. The van der Waals surface area contributed by atoms with Gasteiger partial charge in [0, 0.05) is 57.0 Å². The van der Waals surface area contributed by atoms with Crippen LogP contribution in [0.5, 0.6) is 0 Å². The van der Waals surface area contributed by atoms with Crippen LogP contribution in [0, 0.1) is 16.0 Å². The van der Waals surface area contributed by atoms with Crippen molar-refractivity contribution in [2.75, 3.05) is 32.7 Å². The van der Waals surface area contributed by atoms with E-state index in [1.54, 1.807) is 24.0 Å². The lowest BCUT2D eigenvalue weighted by molar-refractivity contribution is -0.384. The third-order valence-corrected chi connectivity index (χ3v) is 6.12. The van der Waals surface area contributed by atoms with Crippen LogP contribution in [-0.4, -0.2) is 63.9 Å². The molecule has 1 aromatic rings. The third kappa shape index (κ3) is 5.68.